The molecule has 0 aliphatic rings. The summed E-state index contributed by atoms with van der Waals surface area (Å²) in [5.41, 5.74) is 4.41. The number of aromatic nitrogens is 1. The predicted molar refractivity (Wildman–Crippen MR) is 102 cm³/mol. The zero-order chi connectivity index (χ0) is 18.4. The van der Waals surface area contributed by atoms with Gasteiger partial charge in [-0.05, 0) is 48.4 Å². The van der Waals surface area contributed by atoms with Crippen molar-refractivity contribution in [2.24, 2.45) is 0 Å². The van der Waals surface area contributed by atoms with E-state index in [4.69, 9.17) is 5.26 Å². The van der Waals surface area contributed by atoms with Crippen LogP contribution in [0, 0.1) is 11.3 Å². The first kappa shape index (κ1) is 17.2. The SMILES string of the molecule is CCc1ccc(NC(=O)c2cncc(Nc3cccc(C#N)c3)c2)cc1. The summed E-state index contributed by atoms with van der Waals surface area (Å²) < 4.78 is 0. The topological polar surface area (TPSA) is 77.8 Å². The van der Waals surface area contributed by atoms with Crippen molar-refractivity contribution in [2.75, 3.05) is 10.6 Å². The molecule has 1 amide bonds. The molecule has 0 bridgehead atoms. The second-order valence-corrected chi connectivity index (χ2v) is 5.78. The van der Waals surface area contributed by atoms with Gasteiger partial charge in [0.05, 0.1) is 29.1 Å². The number of aryl methyl sites for hydroxylation is 1. The number of carbonyl (C=O) groups excluding carboxylic acids is 1. The van der Waals surface area contributed by atoms with Crippen molar-refractivity contribution in [3.05, 3.63) is 83.7 Å². The van der Waals surface area contributed by atoms with E-state index in [1.165, 1.54) is 11.8 Å². The molecule has 0 radical (unpaired) electrons. The third-order valence-electron chi connectivity index (χ3n) is 3.90. The van der Waals surface area contributed by atoms with Gasteiger partial charge in [0.1, 0.15) is 0 Å². The smallest absolute Gasteiger partial charge is 0.257 e. The molecule has 2 N–H and O–H groups in total. The molecule has 0 unspecified atom stereocenters. The third-order valence-corrected chi connectivity index (χ3v) is 3.90. The molecule has 0 saturated heterocycles. The Bertz CT molecular complexity index is 958. The molecule has 3 rings (SSSR count). The highest BCUT2D eigenvalue weighted by Gasteiger charge is 2.08. The van der Waals surface area contributed by atoms with E-state index >= 15 is 0 Å². The summed E-state index contributed by atoms with van der Waals surface area (Å²) in [6.07, 6.45) is 4.11. The van der Waals surface area contributed by atoms with Gasteiger partial charge in [-0.15, -0.1) is 0 Å². The largest absolute Gasteiger partial charge is 0.354 e. The van der Waals surface area contributed by atoms with Crippen molar-refractivity contribution in [1.29, 1.82) is 5.26 Å². The Hall–Kier alpha value is -3.65. The number of carbonyl (C=O) groups is 1. The Kier molecular flexibility index (Phi) is 5.25. The molecule has 0 aliphatic carbocycles. The van der Waals surface area contributed by atoms with Gasteiger partial charge in [0.25, 0.3) is 5.91 Å². The number of nitrogens with zero attached hydrogens (tertiary/aromatic N) is 2. The van der Waals surface area contributed by atoms with Crippen LogP contribution in [0.5, 0.6) is 0 Å². The number of benzene rings is 2. The lowest BCUT2D eigenvalue weighted by molar-refractivity contribution is 0.102. The summed E-state index contributed by atoms with van der Waals surface area (Å²) in [7, 11) is 0. The van der Waals surface area contributed by atoms with Gasteiger partial charge >= 0.3 is 0 Å². The van der Waals surface area contributed by atoms with E-state index in [1.807, 2.05) is 30.3 Å². The van der Waals surface area contributed by atoms with Crippen LogP contribution in [0.15, 0.2) is 67.0 Å². The fraction of sp³-hybridized carbons (Fsp3) is 0.0952. The quantitative estimate of drug-likeness (QED) is 0.715. The lowest BCUT2D eigenvalue weighted by atomic mass is 10.1. The minimum atomic E-state index is -0.226. The lowest BCUT2D eigenvalue weighted by Gasteiger charge is -2.09. The summed E-state index contributed by atoms with van der Waals surface area (Å²) in [6, 6.07) is 18.7. The highest BCUT2D eigenvalue weighted by Crippen LogP contribution is 2.19. The first-order chi connectivity index (χ1) is 12.7. The van der Waals surface area contributed by atoms with Gasteiger partial charge in [-0.1, -0.05) is 25.1 Å². The summed E-state index contributed by atoms with van der Waals surface area (Å²) in [5, 5.41) is 15.0. The number of nitrogens with one attached hydrogen (secondary N) is 2. The van der Waals surface area contributed by atoms with E-state index < -0.39 is 0 Å². The van der Waals surface area contributed by atoms with Crippen LogP contribution in [0.25, 0.3) is 0 Å². The molecule has 2 aromatic carbocycles. The van der Waals surface area contributed by atoms with Crippen molar-refractivity contribution in [2.45, 2.75) is 13.3 Å². The molecule has 128 valence electrons. The van der Waals surface area contributed by atoms with Crippen molar-refractivity contribution in [1.82, 2.24) is 4.98 Å². The Labute approximate surface area is 152 Å². The monoisotopic (exact) mass is 342 g/mol. The predicted octanol–water partition coefficient (Wildman–Crippen LogP) is 4.51. The molecule has 3 aromatic rings. The molecule has 5 nitrogen and oxygen atoms in total. The highest BCUT2D eigenvalue weighted by molar-refractivity contribution is 6.04. The second-order valence-electron chi connectivity index (χ2n) is 5.78. The van der Waals surface area contributed by atoms with Gasteiger partial charge in [-0.2, -0.15) is 5.26 Å². The number of hydrogen-bond donors (Lipinski definition) is 2. The molecule has 5 heteroatoms. The summed E-state index contributed by atoms with van der Waals surface area (Å²) in [4.78, 5) is 16.6. The van der Waals surface area contributed by atoms with E-state index in [-0.39, 0.29) is 5.91 Å². The summed E-state index contributed by atoms with van der Waals surface area (Å²) in [6.45, 7) is 2.09. The van der Waals surface area contributed by atoms with Crippen LogP contribution < -0.4 is 10.6 Å². The lowest BCUT2D eigenvalue weighted by Crippen LogP contribution is -2.12. The number of amides is 1. The highest BCUT2D eigenvalue weighted by atomic mass is 16.1. The Balaban J connectivity index is 1.73. The van der Waals surface area contributed by atoms with Gasteiger partial charge in [-0.3, -0.25) is 9.78 Å². The zero-order valence-electron chi connectivity index (χ0n) is 14.4. The Morgan fingerprint density at radius 1 is 1.04 bits per heavy atom. The van der Waals surface area contributed by atoms with Crippen LogP contribution in [0.3, 0.4) is 0 Å². The normalized spacial score (nSPS) is 10.0. The average Bonchev–Trinajstić information content (AvgIpc) is 2.69. The molecule has 0 aliphatic heterocycles. The number of pyridine rings is 1. The minimum absolute atomic E-state index is 0.226. The molecular weight excluding hydrogens is 324 g/mol. The second kappa shape index (κ2) is 7.95. The van der Waals surface area contributed by atoms with Crippen LogP contribution in [-0.2, 0) is 6.42 Å². The molecule has 0 fully saturated rings. The maximum Gasteiger partial charge on any atom is 0.257 e. The van der Waals surface area contributed by atoms with Crippen molar-refractivity contribution >= 4 is 23.0 Å². The molecule has 26 heavy (non-hydrogen) atoms. The fourth-order valence-electron chi connectivity index (χ4n) is 2.49. The Morgan fingerprint density at radius 3 is 2.58 bits per heavy atom. The summed E-state index contributed by atoms with van der Waals surface area (Å²) in [5.74, 6) is -0.226. The first-order valence-corrected chi connectivity index (χ1v) is 8.30. The maximum absolute atomic E-state index is 12.5. The summed E-state index contributed by atoms with van der Waals surface area (Å²) >= 11 is 0. The van der Waals surface area contributed by atoms with E-state index in [9.17, 15) is 4.79 Å². The first-order valence-electron chi connectivity index (χ1n) is 8.30. The van der Waals surface area contributed by atoms with Gasteiger partial charge in [0, 0.05) is 17.6 Å². The average molecular weight is 342 g/mol. The van der Waals surface area contributed by atoms with Crippen LogP contribution in [0.4, 0.5) is 17.1 Å². The third kappa shape index (κ3) is 4.25. The van der Waals surface area contributed by atoms with Crippen LogP contribution in [0.1, 0.15) is 28.4 Å². The molecule has 0 saturated carbocycles. The van der Waals surface area contributed by atoms with Gasteiger partial charge < -0.3 is 10.6 Å². The van der Waals surface area contributed by atoms with Gasteiger partial charge in [0.2, 0.25) is 0 Å². The maximum atomic E-state index is 12.5. The fourth-order valence-corrected chi connectivity index (χ4v) is 2.49. The van der Waals surface area contributed by atoms with E-state index in [0.717, 1.165) is 17.8 Å². The number of rotatable bonds is 5. The van der Waals surface area contributed by atoms with Gasteiger partial charge in [0.15, 0.2) is 0 Å². The Morgan fingerprint density at radius 2 is 1.85 bits per heavy atom. The van der Waals surface area contributed by atoms with E-state index in [2.05, 4.69) is 28.6 Å². The number of nitriles is 1. The molecule has 1 heterocycles. The number of anilines is 3. The molecule has 0 spiro atoms. The number of hydrogen-bond acceptors (Lipinski definition) is 4. The molecular formula is C21H18N4O. The zero-order valence-corrected chi connectivity index (χ0v) is 14.4. The van der Waals surface area contributed by atoms with E-state index in [0.29, 0.717) is 16.8 Å². The van der Waals surface area contributed by atoms with E-state index in [1.54, 1.807) is 30.5 Å². The van der Waals surface area contributed by atoms with Crippen LogP contribution in [0.2, 0.25) is 0 Å². The van der Waals surface area contributed by atoms with Crippen molar-refractivity contribution in [3.8, 4) is 6.07 Å². The molecule has 1 aromatic heterocycles. The van der Waals surface area contributed by atoms with Crippen molar-refractivity contribution < 1.29 is 4.79 Å². The standard InChI is InChI=1S/C21H18N4O/c1-2-15-6-8-18(9-7-15)25-21(26)17-11-20(14-23-13-17)24-19-5-3-4-16(10-19)12-22/h3-11,13-14,24H,2H2,1H3,(H,25,26). The van der Waals surface area contributed by atoms with Gasteiger partial charge in [-0.25, -0.2) is 0 Å². The molecule has 0 atom stereocenters. The van der Waals surface area contributed by atoms with Crippen molar-refractivity contribution in [3.63, 3.8) is 0 Å². The minimum Gasteiger partial charge on any atom is -0.354 e. The van der Waals surface area contributed by atoms with Crippen LogP contribution in [-0.4, -0.2) is 10.9 Å². The van der Waals surface area contributed by atoms with Crippen LogP contribution >= 0.6 is 0 Å².